The van der Waals surface area contributed by atoms with Crippen molar-refractivity contribution in [1.82, 2.24) is 15.1 Å². The van der Waals surface area contributed by atoms with Gasteiger partial charge in [-0.1, -0.05) is 42.7 Å². The molecule has 1 aliphatic heterocycles. The molecule has 1 aromatic carbocycles. The topological polar surface area (TPSA) is 78.7 Å². The van der Waals surface area contributed by atoms with Gasteiger partial charge in [0, 0.05) is 6.04 Å². The van der Waals surface area contributed by atoms with Gasteiger partial charge < -0.3 is 5.11 Å². The van der Waals surface area contributed by atoms with Crippen molar-refractivity contribution < 1.29 is 9.90 Å². The third-order valence-corrected chi connectivity index (χ3v) is 6.37. The molecule has 4 rings (SSSR count). The van der Waals surface area contributed by atoms with E-state index < -0.39 is 0 Å². The Labute approximate surface area is 166 Å². The van der Waals surface area contributed by atoms with Crippen molar-refractivity contribution in [3.8, 4) is 5.75 Å². The van der Waals surface area contributed by atoms with Crippen LogP contribution in [0.1, 0.15) is 42.7 Å². The number of nitrogens with zero attached hydrogens (tertiary/aromatic N) is 4. The van der Waals surface area contributed by atoms with Crippen molar-refractivity contribution >= 4 is 45.4 Å². The van der Waals surface area contributed by atoms with Crippen LogP contribution in [0.5, 0.6) is 5.75 Å². The lowest BCUT2D eigenvalue weighted by atomic mass is 9.94. The summed E-state index contributed by atoms with van der Waals surface area (Å²) in [6.07, 6.45) is 7.31. The quantitative estimate of drug-likeness (QED) is 0.768. The van der Waals surface area contributed by atoms with Crippen LogP contribution in [0, 0.1) is 6.92 Å². The molecule has 8 heteroatoms. The summed E-state index contributed by atoms with van der Waals surface area (Å²) in [4.78, 5) is 20.3. The van der Waals surface area contributed by atoms with Crippen molar-refractivity contribution in [2.45, 2.75) is 45.1 Å². The smallest absolute Gasteiger partial charge is 0.267 e. The molecule has 0 atom stereocenters. The maximum Gasteiger partial charge on any atom is 0.267 e. The molecule has 0 radical (unpaired) electrons. The number of carbonyl (C=O) groups is 1. The average Bonchev–Trinajstić information content (AvgIpc) is 3.19. The summed E-state index contributed by atoms with van der Waals surface area (Å²) < 4.78 is 0. The van der Waals surface area contributed by atoms with Crippen molar-refractivity contribution in [2.24, 2.45) is 4.99 Å². The molecule has 2 aromatic rings. The van der Waals surface area contributed by atoms with Gasteiger partial charge >= 0.3 is 0 Å². The van der Waals surface area contributed by atoms with E-state index in [4.69, 9.17) is 0 Å². The molecule has 0 unspecified atom stereocenters. The van der Waals surface area contributed by atoms with Crippen molar-refractivity contribution in [3.63, 3.8) is 0 Å². The highest BCUT2D eigenvalue weighted by Crippen LogP contribution is 2.38. The summed E-state index contributed by atoms with van der Waals surface area (Å²) in [7, 11) is 0. The fraction of sp³-hybridized carbons (Fsp3) is 0.368. The van der Waals surface area contributed by atoms with E-state index in [1.165, 1.54) is 29.5 Å². The Balaban J connectivity index is 1.69. The first-order valence-corrected chi connectivity index (χ1v) is 10.6. The number of rotatable bonds is 3. The molecule has 2 heterocycles. The largest absolute Gasteiger partial charge is 0.508 e. The zero-order valence-electron chi connectivity index (χ0n) is 15.0. The first-order valence-electron chi connectivity index (χ1n) is 9.01. The van der Waals surface area contributed by atoms with E-state index in [0.717, 1.165) is 36.3 Å². The monoisotopic (exact) mass is 400 g/mol. The van der Waals surface area contributed by atoms with E-state index in [9.17, 15) is 9.90 Å². The summed E-state index contributed by atoms with van der Waals surface area (Å²) in [6.45, 7) is 1.89. The van der Waals surface area contributed by atoms with Gasteiger partial charge in [-0.05, 0) is 55.3 Å². The summed E-state index contributed by atoms with van der Waals surface area (Å²) in [5, 5.41) is 19.9. The van der Waals surface area contributed by atoms with Gasteiger partial charge in [0.1, 0.15) is 10.8 Å². The Hall–Kier alpha value is -2.19. The van der Waals surface area contributed by atoms with Gasteiger partial charge in [0.15, 0.2) is 5.17 Å². The van der Waals surface area contributed by atoms with Gasteiger partial charge in [-0.15, -0.1) is 10.2 Å². The van der Waals surface area contributed by atoms with Crippen LogP contribution in [0.3, 0.4) is 0 Å². The number of hydrogen-bond acceptors (Lipinski definition) is 7. The molecule has 2 fully saturated rings. The molecular formula is C19H20N4O2S2. The lowest BCUT2D eigenvalue weighted by Crippen LogP contribution is -2.40. The predicted octanol–water partition coefficient (Wildman–Crippen LogP) is 4.49. The normalized spacial score (nSPS) is 21.5. The van der Waals surface area contributed by atoms with E-state index in [-0.39, 0.29) is 17.7 Å². The van der Waals surface area contributed by atoms with Gasteiger partial charge in [0.25, 0.3) is 5.91 Å². The number of phenols is 1. The number of hydrogen-bond donors (Lipinski definition) is 1. The molecule has 0 bridgehead atoms. The SMILES string of the molecule is Cc1nnc(/N=C2/S/C(=C\c3cccc(O)c3)C(=O)N2C2CCCCC2)s1. The number of aromatic nitrogens is 2. The van der Waals surface area contributed by atoms with Crippen LogP contribution < -0.4 is 0 Å². The Morgan fingerprint density at radius 1 is 1.26 bits per heavy atom. The summed E-state index contributed by atoms with van der Waals surface area (Å²) >= 11 is 2.79. The Morgan fingerprint density at radius 2 is 2.07 bits per heavy atom. The van der Waals surface area contributed by atoms with Crippen LogP contribution in [0.4, 0.5) is 5.13 Å². The highest BCUT2D eigenvalue weighted by Gasteiger charge is 2.38. The fourth-order valence-corrected chi connectivity index (χ4v) is 5.06. The number of aryl methyl sites for hydroxylation is 1. The number of aromatic hydroxyl groups is 1. The van der Waals surface area contributed by atoms with Crippen LogP contribution in [0.25, 0.3) is 6.08 Å². The first kappa shape index (κ1) is 18.2. The second-order valence-corrected chi connectivity index (χ2v) is 8.84. The molecule has 1 amide bonds. The van der Waals surface area contributed by atoms with Crippen molar-refractivity contribution in [1.29, 1.82) is 0 Å². The predicted molar refractivity (Wildman–Crippen MR) is 109 cm³/mol. The van der Waals surface area contributed by atoms with Gasteiger partial charge in [0.05, 0.1) is 4.91 Å². The molecule has 2 aliphatic rings. The van der Waals surface area contributed by atoms with Gasteiger partial charge in [0.2, 0.25) is 5.13 Å². The second-order valence-electron chi connectivity index (χ2n) is 6.67. The average molecular weight is 401 g/mol. The minimum Gasteiger partial charge on any atom is -0.508 e. The molecule has 140 valence electrons. The number of carbonyl (C=O) groups excluding carboxylic acids is 1. The maximum absolute atomic E-state index is 13.2. The molecule has 1 aromatic heterocycles. The highest BCUT2D eigenvalue weighted by atomic mass is 32.2. The van der Waals surface area contributed by atoms with Crippen LogP contribution >= 0.6 is 23.1 Å². The third kappa shape index (κ3) is 4.06. The molecule has 27 heavy (non-hydrogen) atoms. The molecule has 1 N–H and O–H groups in total. The van der Waals surface area contributed by atoms with E-state index >= 15 is 0 Å². The van der Waals surface area contributed by atoms with E-state index in [0.29, 0.717) is 15.2 Å². The number of phenolic OH excluding ortho intramolecular Hbond substituents is 1. The molecule has 1 aliphatic carbocycles. The molecule has 0 spiro atoms. The van der Waals surface area contributed by atoms with E-state index in [2.05, 4.69) is 15.2 Å². The Bertz CT molecular complexity index is 916. The van der Waals surface area contributed by atoms with Crippen LogP contribution in [0.2, 0.25) is 0 Å². The van der Waals surface area contributed by atoms with E-state index in [1.54, 1.807) is 18.2 Å². The minimum atomic E-state index is -0.0183. The molecular weight excluding hydrogens is 380 g/mol. The molecule has 6 nitrogen and oxygen atoms in total. The number of thioether (sulfide) groups is 1. The number of amides is 1. The third-order valence-electron chi connectivity index (χ3n) is 4.65. The summed E-state index contributed by atoms with van der Waals surface area (Å²) in [5.41, 5.74) is 0.794. The first-order chi connectivity index (χ1) is 13.1. The van der Waals surface area contributed by atoms with Crippen LogP contribution in [-0.2, 0) is 4.79 Å². The lowest BCUT2D eigenvalue weighted by molar-refractivity contribution is -0.124. The van der Waals surface area contributed by atoms with Crippen LogP contribution in [0.15, 0.2) is 34.2 Å². The Kier molecular flexibility index (Phi) is 5.27. The standard InChI is InChI=1S/C19H20N4O2S2/c1-12-21-22-18(26-12)20-19-23(14-7-3-2-4-8-14)17(25)16(27-19)11-13-6-5-9-15(24)10-13/h5-6,9-11,14,24H,2-4,7-8H2,1H3/b16-11-,20-19+. The lowest BCUT2D eigenvalue weighted by Gasteiger charge is -2.30. The number of aliphatic imine (C=N–C) groups is 1. The maximum atomic E-state index is 13.2. The number of amidine groups is 1. The second kappa shape index (κ2) is 7.82. The van der Waals surface area contributed by atoms with E-state index in [1.807, 2.05) is 24.0 Å². The van der Waals surface area contributed by atoms with Crippen molar-refractivity contribution in [2.75, 3.05) is 0 Å². The highest BCUT2D eigenvalue weighted by molar-refractivity contribution is 8.18. The van der Waals surface area contributed by atoms with Gasteiger partial charge in [-0.25, -0.2) is 0 Å². The summed E-state index contributed by atoms with van der Waals surface area (Å²) in [5.74, 6) is 0.164. The van der Waals surface area contributed by atoms with Gasteiger partial charge in [-0.2, -0.15) is 4.99 Å². The molecule has 1 saturated carbocycles. The molecule has 1 saturated heterocycles. The van der Waals surface area contributed by atoms with Crippen LogP contribution in [-0.4, -0.2) is 37.3 Å². The Morgan fingerprint density at radius 3 is 2.78 bits per heavy atom. The minimum absolute atomic E-state index is 0.0183. The zero-order chi connectivity index (χ0) is 18.8. The number of benzene rings is 1. The summed E-state index contributed by atoms with van der Waals surface area (Å²) in [6, 6.07) is 7.08. The van der Waals surface area contributed by atoms with Gasteiger partial charge in [-0.3, -0.25) is 9.69 Å². The van der Waals surface area contributed by atoms with Crippen molar-refractivity contribution in [3.05, 3.63) is 39.7 Å². The zero-order valence-corrected chi connectivity index (χ0v) is 16.6. The fourth-order valence-electron chi connectivity index (χ4n) is 3.40.